The highest BCUT2D eigenvalue weighted by molar-refractivity contribution is 9.10. The Balaban J connectivity index is 1.83. The summed E-state index contributed by atoms with van der Waals surface area (Å²) in [6, 6.07) is 15.2. The number of nitrogens with one attached hydrogen (secondary N) is 1. The van der Waals surface area contributed by atoms with Gasteiger partial charge >= 0.3 is 0 Å². The Morgan fingerprint density at radius 3 is 2.86 bits per heavy atom. The molecule has 0 radical (unpaired) electrons. The van der Waals surface area contributed by atoms with E-state index < -0.39 is 0 Å². The summed E-state index contributed by atoms with van der Waals surface area (Å²) in [7, 11) is 1.74. The minimum Gasteiger partial charge on any atom is -0.495 e. The van der Waals surface area contributed by atoms with Gasteiger partial charge in [-0.3, -0.25) is 0 Å². The van der Waals surface area contributed by atoms with E-state index in [2.05, 4.69) is 69.8 Å². The van der Waals surface area contributed by atoms with Crippen LogP contribution >= 0.6 is 15.9 Å². The van der Waals surface area contributed by atoms with Crippen LogP contribution in [0.3, 0.4) is 0 Å². The zero-order valence-corrected chi connectivity index (χ0v) is 14.0. The molecule has 1 heterocycles. The van der Waals surface area contributed by atoms with Gasteiger partial charge in [-0.15, -0.1) is 0 Å². The van der Waals surface area contributed by atoms with Crippen molar-refractivity contribution in [2.75, 3.05) is 12.4 Å². The second-order valence-electron chi connectivity index (χ2n) is 5.96. The number of para-hydroxylation sites is 1. The summed E-state index contributed by atoms with van der Waals surface area (Å²) in [5, 5.41) is 3.75. The third-order valence-electron chi connectivity index (χ3n) is 4.79. The number of allylic oxidation sites excluding steroid dienone is 2. The quantitative estimate of drug-likeness (QED) is 0.739. The Morgan fingerprint density at radius 1 is 1.18 bits per heavy atom. The maximum absolute atomic E-state index is 5.57. The van der Waals surface area contributed by atoms with Gasteiger partial charge in [0.25, 0.3) is 0 Å². The fraction of sp³-hybridized carbons (Fsp3) is 0.263. The monoisotopic (exact) mass is 355 g/mol. The lowest BCUT2D eigenvalue weighted by Crippen LogP contribution is -2.29. The molecule has 112 valence electrons. The first kappa shape index (κ1) is 13.9. The van der Waals surface area contributed by atoms with Crippen LogP contribution in [-0.2, 0) is 0 Å². The maximum atomic E-state index is 5.57. The fourth-order valence-corrected chi connectivity index (χ4v) is 4.21. The predicted molar refractivity (Wildman–Crippen MR) is 93.5 cm³/mol. The Labute approximate surface area is 139 Å². The molecule has 0 unspecified atom stereocenters. The molecule has 0 saturated carbocycles. The number of ether oxygens (including phenoxy) is 1. The average Bonchev–Trinajstić information content (AvgIpc) is 3.03. The Kier molecular flexibility index (Phi) is 3.45. The topological polar surface area (TPSA) is 21.3 Å². The molecule has 3 heteroatoms. The summed E-state index contributed by atoms with van der Waals surface area (Å²) in [5.74, 6) is 1.96. The van der Waals surface area contributed by atoms with Crippen molar-refractivity contribution < 1.29 is 4.74 Å². The fourth-order valence-electron chi connectivity index (χ4n) is 3.79. The molecule has 0 amide bonds. The van der Waals surface area contributed by atoms with Crippen LogP contribution in [0.2, 0.25) is 0 Å². The summed E-state index contributed by atoms with van der Waals surface area (Å²) in [6.45, 7) is 0. The van der Waals surface area contributed by atoms with Crippen LogP contribution in [-0.4, -0.2) is 7.11 Å². The van der Waals surface area contributed by atoms with E-state index in [0.717, 1.165) is 22.3 Å². The molecule has 0 fully saturated rings. The molecular weight excluding hydrogens is 338 g/mol. The van der Waals surface area contributed by atoms with Gasteiger partial charge in [0, 0.05) is 10.4 Å². The third-order valence-corrected chi connectivity index (χ3v) is 5.28. The number of methoxy groups -OCH3 is 1. The molecule has 0 bridgehead atoms. The van der Waals surface area contributed by atoms with Crippen LogP contribution in [0.25, 0.3) is 0 Å². The van der Waals surface area contributed by atoms with Crippen molar-refractivity contribution in [3.05, 3.63) is 70.2 Å². The maximum Gasteiger partial charge on any atom is 0.142 e. The largest absolute Gasteiger partial charge is 0.495 e. The Bertz CT molecular complexity index is 740. The van der Waals surface area contributed by atoms with E-state index in [1.165, 1.54) is 11.1 Å². The van der Waals surface area contributed by atoms with Crippen molar-refractivity contribution in [1.82, 2.24) is 0 Å². The molecule has 2 aliphatic rings. The highest BCUT2D eigenvalue weighted by atomic mass is 79.9. The van der Waals surface area contributed by atoms with Gasteiger partial charge in [0.05, 0.1) is 18.8 Å². The SMILES string of the molecule is COc1cccc2c1N[C@@H](c1cccc(Br)c1)[C@H]1CC=C[C@@H]21. The van der Waals surface area contributed by atoms with Crippen molar-refractivity contribution in [2.45, 2.75) is 18.4 Å². The smallest absolute Gasteiger partial charge is 0.142 e. The minimum absolute atomic E-state index is 0.307. The van der Waals surface area contributed by atoms with Gasteiger partial charge in [-0.25, -0.2) is 0 Å². The van der Waals surface area contributed by atoms with Crippen LogP contribution in [0, 0.1) is 5.92 Å². The van der Waals surface area contributed by atoms with Gasteiger partial charge in [0.1, 0.15) is 5.75 Å². The zero-order chi connectivity index (χ0) is 15.1. The Hall–Kier alpha value is -1.74. The highest BCUT2D eigenvalue weighted by Gasteiger charge is 2.38. The van der Waals surface area contributed by atoms with E-state index in [-0.39, 0.29) is 0 Å². The van der Waals surface area contributed by atoms with Crippen molar-refractivity contribution in [2.24, 2.45) is 5.92 Å². The number of anilines is 1. The molecule has 2 aromatic carbocycles. The van der Waals surface area contributed by atoms with Gasteiger partial charge in [0.2, 0.25) is 0 Å². The summed E-state index contributed by atoms with van der Waals surface area (Å²) >= 11 is 3.59. The van der Waals surface area contributed by atoms with Gasteiger partial charge in [-0.05, 0) is 41.7 Å². The number of benzene rings is 2. The first-order valence-corrected chi connectivity index (χ1v) is 8.43. The van der Waals surface area contributed by atoms with Gasteiger partial charge in [0.15, 0.2) is 0 Å². The molecule has 2 aromatic rings. The first-order valence-electron chi connectivity index (χ1n) is 7.63. The molecule has 1 N–H and O–H groups in total. The second-order valence-corrected chi connectivity index (χ2v) is 6.87. The summed E-state index contributed by atoms with van der Waals surface area (Å²) < 4.78 is 6.70. The molecule has 0 saturated heterocycles. The third kappa shape index (κ3) is 2.15. The van der Waals surface area contributed by atoms with E-state index in [4.69, 9.17) is 4.74 Å². The van der Waals surface area contributed by atoms with Crippen molar-refractivity contribution in [1.29, 1.82) is 0 Å². The first-order chi connectivity index (χ1) is 10.8. The van der Waals surface area contributed by atoms with E-state index in [1.807, 2.05) is 6.07 Å². The van der Waals surface area contributed by atoms with Crippen LogP contribution < -0.4 is 10.1 Å². The summed E-state index contributed by atoms with van der Waals surface area (Å²) in [6.07, 6.45) is 5.79. The molecule has 0 spiro atoms. The molecular formula is C19H18BrNO. The van der Waals surface area contributed by atoms with E-state index >= 15 is 0 Å². The molecule has 0 aromatic heterocycles. The average molecular weight is 356 g/mol. The van der Waals surface area contributed by atoms with Gasteiger partial charge in [-0.1, -0.05) is 52.3 Å². The summed E-state index contributed by atoms with van der Waals surface area (Å²) in [5.41, 5.74) is 3.82. The normalized spacial score (nSPS) is 25.3. The number of halogens is 1. The highest BCUT2D eigenvalue weighted by Crippen LogP contribution is 2.52. The number of hydrogen-bond donors (Lipinski definition) is 1. The van der Waals surface area contributed by atoms with Crippen LogP contribution in [0.15, 0.2) is 59.1 Å². The molecule has 3 atom stereocenters. The molecule has 2 nitrogen and oxygen atoms in total. The van der Waals surface area contributed by atoms with E-state index in [1.54, 1.807) is 7.11 Å². The molecule has 1 aliphatic heterocycles. The van der Waals surface area contributed by atoms with Crippen molar-refractivity contribution in [3.8, 4) is 5.75 Å². The molecule has 4 rings (SSSR count). The van der Waals surface area contributed by atoms with Crippen LogP contribution in [0.1, 0.15) is 29.5 Å². The molecule has 1 aliphatic carbocycles. The number of fused-ring (bicyclic) bond motifs is 3. The van der Waals surface area contributed by atoms with E-state index in [9.17, 15) is 0 Å². The lowest BCUT2D eigenvalue weighted by molar-refractivity contribution is 0.397. The second kappa shape index (κ2) is 5.47. The van der Waals surface area contributed by atoms with Crippen molar-refractivity contribution >= 4 is 21.6 Å². The minimum atomic E-state index is 0.307. The summed E-state index contributed by atoms with van der Waals surface area (Å²) in [4.78, 5) is 0. The zero-order valence-electron chi connectivity index (χ0n) is 12.4. The number of hydrogen-bond acceptors (Lipinski definition) is 2. The van der Waals surface area contributed by atoms with Crippen LogP contribution in [0.4, 0.5) is 5.69 Å². The molecule has 22 heavy (non-hydrogen) atoms. The predicted octanol–water partition coefficient (Wildman–Crippen LogP) is 5.28. The number of rotatable bonds is 2. The van der Waals surface area contributed by atoms with Gasteiger partial charge in [-0.2, -0.15) is 0 Å². The van der Waals surface area contributed by atoms with Crippen LogP contribution in [0.5, 0.6) is 5.75 Å². The Morgan fingerprint density at radius 2 is 2.05 bits per heavy atom. The lowest BCUT2D eigenvalue weighted by Gasteiger charge is -2.38. The standard InChI is InChI=1S/C19H18BrNO/c1-22-17-10-4-9-16-14-7-3-8-15(14)18(21-19(16)17)12-5-2-6-13(20)11-12/h2-7,9-11,14-15,18,21H,8H2,1H3/t14-,15+,18+/m1/s1. The van der Waals surface area contributed by atoms with E-state index in [0.29, 0.717) is 17.9 Å². The lowest BCUT2D eigenvalue weighted by atomic mass is 9.77. The van der Waals surface area contributed by atoms with Crippen molar-refractivity contribution in [3.63, 3.8) is 0 Å². The van der Waals surface area contributed by atoms with Gasteiger partial charge < -0.3 is 10.1 Å².